The Kier molecular flexibility index (Phi) is 5.76. The van der Waals surface area contributed by atoms with E-state index >= 15 is 0 Å². The fraction of sp³-hybridized carbons (Fsp3) is 0.364. The van der Waals surface area contributed by atoms with E-state index in [2.05, 4.69) is 20.9 Å². The number of piperidine rings is 1. The van der Waals surface area contributed by atoms with E-state index in [4.69, 9.17) is 0 Å². The molecule has 3 aromatic rings. The van der Waals surface area contributed by atoms with Gasteiger partial charge in [-0.3, -0.25) is 9.69 Å². The molecule has 2 aromatic carbocycles. The number of carbonyl (C=O) groups is 1. The van der Waals surface area contributed by atoms with Crippen molar-refractivity contribution in [3.63, 3.8) is 0 Å². The highest BCUT2D eigenvalue weighted by atomic mass is 19.4. The number of benzene rings is 2. The molecule has 1 N–H and O–H groups in total. The van der Waals surface area contributed by atoms with Crippen molar-refractivity contribution in [3.05, 3.63) is 60.4 Å². The summed E-state index contributed by atoms with van der Waals surface area (Å²) < 4.78 is 40.6. The van der Waals surface area contributed by atoms with E-state index < -0.39 is 11.7 Å². The SMILES string of the molecule is O=C(CN1CCC(Cn2cnc3ccccc32)CC1)Nc1cccc(C(F)(F)F)c1. The minimum Gasteiger partial charge on any atom is -0.330 e. The van der Waals surface area contributed by atoms with Gasteiger partial charge < -0.3 is 9.88 Å². The zero-order valence-electron chi connectivity index (χ0n) is 16.4. The summed E-state index contributed by atoms with van der Waals surface area (Å²) >= 11 is 0. The number of hydrogen-bond donors (Lipinski definition) is 1. The van der Waals surface area contributed by atoms with Gasteiger partial charge in [0, 0.05) is 12.2 Å². The predicted octanol–water partition coefficient (Wildman–Crippen LogP) is 4.41. The summed E-state index contributed by atoms with van der Waals surface area (Å²) in [5, 5.41) is 2.58. The van der Waals surface area contributed by atoms with Gasteiger partial charge in [0.15, 0.2) is 0 Å². The molecule has 0 bridgehead atoms. The van der Waals surface area contributed by atoms with Gasteiger partial charge in [0.1, 0.15) is 0 Å². The van der Waals surface area contributed by atoms with Gasteiger partial charge in [-0.25, -0.2) is 4.98 Å². The number of alkyl halides is 3. The highest BCUT2D eigenvalue weighted by molar-refractivity contribution is 5.92. The van der Waals surface area contributed by atoms with Gasteiger partial charge in [0.05, 0.1) is 29.5 Å². The maximum atomic E-state index is 12.8. The minimum absolute atomic E-state index is 0.164. The number of anilines is 1. The molecule has 1 fully saturated rings. The molecule has 1 saturated heterocycles. The van der Waals surface area contributed by atoms with Crippen molar-refractivity contribution in [3.8, 4) is 0 Å². The van der Waals surface area contributed by atoms with Gasteiger partial charge in [-0.2, -0.15) is 13.2 Å². The first-order chi connectivity index (χ1) is 14.4. The molecule has 8 heteroatoms. The Morgan fingerprint density at radius 1 is 1.10 bits per heavy atom. The molecular weight excluding hydrogens is 393 g/mol. The van der Waals surface area contributed by atoms with Crippen LogP contribution in [0, 0.1) is 5.92 Å². The first-order valence-electron chi connectivity index (χ1n) is 9.98. The maximum Gasteiger partial charge on any atom is 0.416 e. The second kappa shape index (κ2) is 8.47. The topological polar surface area (TPSA) is 50.2 Å². The number of likely N-dealkylation sites (tertiary alicyclic amines) is 1. The number of hydrogen-bond acceptors (Lipinski definition) is 3. The first kappa shape index (κ1) is 20.4. The van der Waals surface area contributed by atoms with Crippen molar-refractivity contribution in [2.45, 2.75) is 25.6 Å². The first-order valence-corrected chi connectivity index (χ1v) is 9.98. The van der Waals surface area contributed by atoms with E-state index in [0.717, 1.165) is 55.6 Å². The Balaban J connectivity index is 1.27. The van der Waals surface area contributed by atoms with Crippen LogP contribution in [0.1, 0.15) is 18.4 Å². The highest BCUT2D eigenvalue weighted by Crippen LogP contribution is 2.30. The molecule has 0 spiro atoms. The van der Waals surface area contributed by atoms with Crippen LogP contribution in [0.4, 0.5) is 18.9 Å². The molecule has 2 heterocycles. The van der Waals surface area contributed by atoms with Gasteiger partial charge >= 0.3 is 6.18 Å². The van der Waals surface area contributed by atoms with Crippen LogP contribution in [0.2, 0.25) is 0 Å². The number of imidazole rings is 1. The number of aromatic nitrogens is 2. The lowest BCUT2D eigenvalue weighted by molar-refractivity contribution is -0.137. The van der Waals surface area contributed by atoms with E-state index in [1.807, 2.05) is 29.4 Å². The van der Waals surface area contributed by atoms with Crippen molar-refractivity contribution in [2.75, 3.05) is 25.0 Å². The van der Waals surface area contributed by atoms with Crippen LogP contribution in [0.15, 0.2) is 54.9 Å². The Morgan fingerprint density at radius 3 is 2.63 bits per heavy atom. The largest absolute Gasteiger partial charge is 0.416 e. The lowest BCUT2D eigenvalue weighted by Crippen LogP contribution is -2.40. The number of rotatable bonds is 5. The third kappa shape index (κ3) is 4.81. The smallest absolute Gasteiger partial charge is 0.330 e. The predicted molar refractivity (Wildman–Crippen MR) is 109 cm³/mol. The Morgan fingerprint density at radius 2 is 1.87 bits per heavy atom. The van der Waals surface area contributed by atoms with E-state index in [1.165, 1.54) is 12.1 Å². The molecule has 1 aromatic heterocycles. The van der Waals surface area contributed by atoms with E-state index in [9.17, 15) is 18.0 Å². The van der Waals surface area contributed by atoms with Crippen molar-refractivity contribution in [1.82, 2.24) is 14.5 Å². The summed E-state index contributed by atoms with van der Waals surface area (Å²) in [4.78, 5) is 18.8. The standard InChI is InChI=1S/C22H23F3N4O/c23-22(24,25)17-4-3-5-18(12-17)27-21(30)14-28-10-8-16(9-11-28)13-29-15-26-19-6-1-2-7-20(19)29/h1-7,12,15-16H,8-11,13-14H2,(H,27,30). The van der Waals surface area contributed by atoms with Crippen molar-refractivity contribution >= 4 is 22.6 Å². The quantitative estimate of drug-likeness (QED) is 0.671. The Labute approximate surface area is 172 Å². The van der Waals surface area contributed by atoms with E-state index in [0.29, 0.717) is 5.92 Å². The summed E-state index contributed by atoms with van der Waals surface area (Å²) in [5.74, 6) is 0.207. The zero-order chi connectivity index (χ0) is 21.1. The highest BCUT2D eigenvalue weighted by Gasteiger charge is 2.30. The second-order valence-electron chi connectivity index (χ2n) is 7.73. The fourth-order valence-corrected chi connectivity index (χ4v) is 3.94. The number of nitrogens with one attached hydrogen (secondary N) is 1. The molecular formula is C22H23F3N4O. The van der Waals surface area contributed by atoms with Gasteiger partial charge in [-0.1, -0.05) is 18.2 Å². The van der Waals surface area contributed by atoms with Gasteiger partial charge in [-0.05, 0) is 62.2 Å². The van der Waals surface area contributed by atoms with Crippen LogP contribution in [0.25, 0.3) is 11.0 Å². The molecule has 5 nitrogen and oxygen atoms in total. The van der Waals surface area contributed by atoms with Crippen LogP contribution in [-0.2, 0) is 17.5 Å². The lowest BCUT2D eigenvalue weighted by Gasteiger charge is -2.31. The minimum atomic E-state index is -4.43. The van der Waals surface area contributed by atoms with Crippen molar-refractivity contribution < 1.29 is 18.0 Å². The van der Waals surface area contributed by atoms with Crippen LogP contribution in [0.3, 0.4) is 0 Å². The average Bonchev–Trinajstić information content (AvgIpc) is 3.12. The molecule has 0 saturated carbocycles. The third-order valence-electron chi connectivity index (χ3n) is 5.53. The number of halogens is 3. The third-order valence-corrected chi connectivity index (χ3v) is 5.53. The lowest BCUT2D eigenvalue weighted by atomic mass is 9.96. The molecule has 0 radical (unpaired) electrons. The summed E-state index contributed by atoms with van der Waals surface area (Å²) in [6.45, 7) is 2.64. The monoisotopic (exact) mass is 416 g/mol. The summed E-state index contributed by atoms with van der Waals surface area (Å²) in [7, 11) is 0. The number of nitrogens with zero attached hydrogens (tertiary/aromatic N) is 3. The number of amides is 1. The van der Waals surface area contributed by atoms with Gasteiger partial charge in [0.2, 0.25) is 5.91 Å². The second-order valence-corrected chi connectivity index (χ2v) is 7.73. The van der Waals surface area contributed by atoms with E-state index in [1.54, 1.807) is 0 Å². The molecule has 4 rings (SSSR count). The maximum absolute atomic E-state index is 12.8. The fourth-order valence-electron chi connectivity index (χ4n) is 3.94. The van der Waals surface area contributed by atoms with Crippen LogP contribution in [-0.4, -0.2) is 40.0 Å². The number of para-hydroxylation sites is 2. The van der Waals surface area contributed by atoms with Crippen LogP contribution in [0.5, 0.6) is 0 Å². The van der Waals surface area contributed by atoms with Crippen molar-refractivity contribution in [2.24, 2.45) is 5.92 Å². The van der Waals surface area contributed by atoms with Gasteiger partial charge in [0.25, 0.3) is 0 Å². The Hall–Kier alpha value is -2.87. The van der Waals surface area contributed by atoms with E-state index in [-0.39, 0.29) is 18.1 Å². The average molecular weight is 416 g/mol. The summed E-state index contributed by atoms with van der Waals surface area (Å²) in [6, 6.07) is 12.8. The zero-order valence-corrected chi connectivity index (χ0v) is 16.4. The number of carbonyl (C=O) groups excluding carboxylic acids is 1. The molecule has 1 aliphatic rings. The van der Waals surface area contributed by atoms with Crippen LogP contribution < -0.4 is 5.32 Å². The number of fused-ring (bicyclic) bond motifs is 1. The van der Waals surface area contributed by atoms with Gasteiger partial charge in [-0.15, -0.1) is 0 Å². The molecule has 1 amide bonds. The molecule has 0 unspecified atom stereocenters. The molecule has 158 valence electrons. The molecule has 0 aliphatic carbocycles. The molecule has 1 aliphatic heterocycles. The summed E-state index contributed by atoms with van der Waals surface area (Å²) in [5.41, 5.74) is 1.51. The van der Waals surface area contributed by atoms with Crippen LogP contribution >= 0.6 is 0 Å². The molecule has 30 heavy (non-hydrogen) atoms. The van der Waals surface area contributed by atoms with Crippen molar-refractivity contribution in [1.29, 1.82) is 0 Å². The normalized spacial score (nSPS) is 16.1. The Bertz CT molecular complexity index is 1020. The molecule has 0 atom stereocenters. The summed E-state index contributed by atoms with van der Waals surface area (Å²) in [6.07, 6.45) is -0.630.